The Hall–Kier alpha value is -2.62. The fraction of sp³-hybridized carbons (Fsp3) is 0.176. The van der Waals surface area contributed by atoms with Crippen LogP contribution in [-0.2, 0) is 4.74 Å². The maximum Gasteiger partial charge on any atom is 0.338 e. The number of rotatable bonds is 4. The monoisotopic (exact) mass is 283 g/mol. The molecule has 21 heavy (non-hydrogen) atoms. The summed E-state index contributed by atoms with van der Waals surface area (Å²) in [4.78, 5) is 24.0. The summed E-state index contributed by atoms with van der Waals surface area (Å²) in [5.41, 5.74) is 1.58. The summed E-state index contributed by atoms with van der Waals surface area (Å²) in [5, 5.41) is 2.89. The van der Waals surface area contributed by atoms with Gasteiger partial charge in [-0.2, -0.15) is 0 Å². The third kappa shape index (κ3) is 3.48. The summed E-state index contributed by atoms with van der Waals surface area (Å²) in [6, 6.07) is 16.1. The molecule has 4 heteroatoms. The SMILES string of the molecule is COC(=O)c1ccccc1C(=O)NC(C)c1ccccc1. The summed E-state index contributed by atoms with van der Waals surface area (Å²) in [7, 11) is 1.30. The fourth-order valence-electron chi connectivity index (χ4n) is 2.07. The first-order valence-corrected chi connectivity index (χ1v) is 6.66. The normalized spacial score (nSPS) is 11.5. The molecule has 2 rings (SSSR count). The standard InChI is InChI=1S/C17H17NO3/c1-12(13-8-4-3-5-9-13)18-16(19)14-10-6-7-11-15(14)17(20)21-2/h3-12H,1-2H3,(H,18,19). The lowest BCUT2D eigenvalue weighted by molar-refractivity contribution is 0.0596. The predicted molar refractivity (Wildman–Crippen MR) is 80.1 cm³/mol. The first-order chi connectivity index (χ1) is 10.1. The lowest BCUT2D eigenvalue weighted by Gasteiger charge is -2.15. The molecule has 1 atom stereocenters. The highest BCUT2D eigenvalue weighted by molar-refractivity contribution is 6.05. The van der Waals surface area contributed by atoms with Crippen molar-refractivity contribution in [3.05, 3.63) is 71.3 Å². The minimum Gasteiger partial charge on any atom is -0.465 e. The van der Waals surface area contributed by atoms with Crippen LogP contribution in [0.1, 0.15) is 39.2 Å². The van der Waals surface area contributed by atoms with Gasteiger partial charge in [0.15, 0.2) is 0 Å². The van der Waals surface area contributed by atoms with Crippen molar-refractivity contribution in [3.63, 3.8) is 0 Å². The van der Waals surface area contributed by atoms with E-state index in [1.807, 2.05) is 37.3 Å². The van der Waals surface area contributed by atoms with E-state index in [0.29, 0.717) is 5.56 Å². The van der Waals surface area contributed by atoms with Crippen LogP contribution in [-0.4, -0.2) is 19.0 Å². The van der Waals surface area contributed by atoms with Crippen molar-refractivity contribution in [3.8, 4) is 0 Å². The second-order valence-electron chi connectivity index (χ2n) is 4.64. The highest BCUT2D eigenvalue weighted by Gasteiger charge is 2.18. The van der Waals surface area contributed by atoms with Gasteiger partial charge in [-0.15, -0.1) is 0 Å². The summed E-state index contributed by atoms with van der Waals surface area (Å²) >= 11 is 0. The average molecular weight is 283 g/mol. The first-order valence-electron chi connectivity index (χ1n) is 6.66. The summed E-state index contributed by atoms with van der Waals surface area (Å²) in [5.74, 6) is -0.819. The van der Waals surface area contributed by atoms with Crippen molar-refractivity contribution in [1.29, 1.82) is 0 Å². The van der Waals surface area contributed by atoms with Crippen LogP contribution in [0.2, 0.25) is 0 Å². The van der Waals surface area contributed by atoms with Gasteiger partial charge in [0.05, 0.1) is 24.3 Å². The van der Waals surface area contributed by atoms with Crippen molar-refractivity contribution in [2.75, 3.05) is 7.11 Å². The van der Waals surface area contributed by atoms with Crippen LogP contribution in [0.3, 0.4) is 0 Å². The highest BCUT2D eigenvalue weighted by Crippen LogP contribution is 2.15. The highest BCUT2D eigenvalue weighted by atomic mass is 16.5. The number of nitrogens with one attached hydrogen (secondary N) is 1. The lowest BCUT2D eigenvalue weighted by atomic mass is 10.0. The lowest BCUT2D eigenvalue weighted by Crippen LogP contribution is -2.28. The molecule has 0 radical (unpaired) electrons. The Kier molecular flexibility index (Phi) is 4.72. The number of methoxy groups -OCH3 is 1. The van der Waals surface area contributed by atoms with Crippen LogP contribution in [0.25, 0.3) is 0 Å². The molecule has 0 spiro atoms. The van der Waals surface area contributed by atoms with E-state index in [4.69, 9.17) is 4.74 Å². The molecule has 4 nitrogen and oxygen atoms in total. The van der Waals surface area contributed by atoms with Crippen LogP contribution in [0.5, 0.6) is 0 Å². The number of hydrogen-bond acceptors (Lipinski definition) is 3. The number of esters is 1. The van der Waals surface area contributed by atoms with E-state index in [9.17, 15) is 9.59 Å². The van der Waals surface area contributed by atoms with E-state index in [-0.39, 0.29) is 17.5 Å². The number of benzene rings is 2. The molecule has 0 aliphatic rings. The minimum absolute atomic E-state index is 0.149. The predicted octanol–water partition coefficient (Wildman–Crippen LogP) is 2.96. The Bertz CT molecular complexity index is 637. The quantitative estimate of drug-likeness (QED) is 0.878. The zero-order valence-corrected chi connectivity index (χ0v) is 12.0. The number of hydrogen-bond donors (Lipinski definition) is 1. The number of carbonyl (C=O) groups excluding carboxylic acids is 2. The smallest absolute Gasteiger partial charge is 0.338 e. The van der Waals surface area contributed by atoms with Gasteiger partial charge in [-0.25, -0.2) is 4.79 Å². The molecule has 1 N–H and O–H groups in total. The third-order valence-corrected chi connectivity index (χ3v) is 3.22. The van der Waals surface area contributed by atoms with E-state index in [2.05, 4.69) is 5.32 Å². The van der Waals surface area contributed by atoms with Gasteiger partial charge < -0.3 is 10.1 Å². The second-order valence-corrected chi connectivity index (χ2v) is 4.64. The van der Waals surface area contributed by atoms with Crippen LogP contribution in [0, 0.1) is 0 Å². The molecule has 0 saturated carbocycles. The molecule has 0 saturated heterocycles. The second kappa shape index (κ2) is 6.70. The Morgan fingerprint density at radius 3 is 2.14 bits per heavy atom. The molecule has 0 heterocycles. The van der Waals surface area contributed by atoms with Crippen LogP contribution < -0.4 is 5.32 Å². The summed E-state index contributed by atoms with van der Waals surface area (Å²) in [6.45, 7) is 1.90. The van der Waals surface area contributed by atoms with Gasteiger partial charge in [-0.05, 0) is 24.6 Å². The Balaban J connectivity index is 2.20. The number of carbonyl (C=O) groups is 2. The van der Waals surface area contributed by atoms with Crippen LogP contribution in [0.4, 0.5) is 0 Å². The zero-order valence-electron chi connectivity index (χ0n) is 12.0. The van der Waals surface area contributed by atoms with E-state index >= 15 is 0 Å². The van der Waals surface area contributed by atoms with Crippen molar-refractivity contribution >= 4 is 11.9 Å². The molecular weight excluding hydrogens is 266 g/mol. The Labute approximate surface area is 123 Å². The van der Waals surface area contributed by atoms with Gasteiger partial charge in [0.25, 0.3) is 5.91 Å². The molecule has 0 aromatic heterocycles. The molecule has 2 aromatic carbocycles. The average Bonchev–Trinajstić information content (AvgIpc) is 2.54. The van der Waals surface area contributed by atoms with Crippen molar-refractivity contribution in [2.45, 2.75) is 13.0 Å². The van der Waals surface area contributed by atoms with Crippen LogP contribution in [0.15, 0.2) is 54.6 Å². The number of amides is 1. The number of ether oxygens (including phenoxy) is 1. The first kappa shape index (κ1) is 14.8. The van der Waals surface area contributed by atoms with Gasteiger partial charge in [0, 0.05) is 0 Å². The minimum atomic E-state index is -0.520. The maximum atomic E-state index is 12.4. The van der Waals surface area contributed by atoms with E-state index in [1.54, 1.807) is 24.3 Å². The summed E-state index contributed by atoms with van der Waals surface area (Å²) in [6.07, 6.45) is 0. The largest absolute Gasteiger partial charge is 0.465 e. The van der Waals surface area contributed by atoms with Gasteiger partial charge in [-0.3, -0.25) is 4.79 Å². The molecule has 1 amide bonds. The molecule has 0 bridgehead atoms. The van der Waals surface area contributed by atoms with E-state index < -0.39 is 5.97 Å². The van der Waals surface area contributed by atoms with Crippen LogP contribution >= 0.6 is 0 Å². The van der Waals surface area contributed by atoms with Gasteiger partial charge in [0.1, 0.15) is 0 Å². The van der Waals surface area contributed by atoms with Gasteiger partial charge >= 0.3 is 5.97 Å². The van der Waals surface area contributed by atoms with Crippen molar-refractivity contribution in [1.82, 2.24) is 5.32 Å². The maximum absolute atomic E-state index is 12.4. The molecule has 0 fully saturated rings. The molecular formula is C17H17NO3. The van der Waals surface area contributed by atoms with Gasteiger partial charge in [-0.1, -0.05) is 42.5 Å². The molecule has 2 aromatic rings. The molecule has 0 aliphatic heterocycles. The molecule has 108 valence electrons. The Morgan fingerprint density at radius 1 is 0.952 bits per heavy atom. The van der Waals surface area contributed by atoms with E-state index in [0.717, 1.165) is 5.56 Å². The van der Waals surface area contributed by atoms with Gasteiger partial charge in [0.2, 0.25) is 0 Å². The molecule has 0 aliphatic carbocycles. The van der Waals surface area contributed by atoms with Crippen molar-refractivity contribution in [2.24, 2.45) is 0 Å². The zero-order chi connectivity index (χ0) is 15.2. The summed E-state index contributed by atoms with van der Waals surface area (Å²) < 4.78 is 4.70. The van der Waals surface area contributed by atoms with E-state index in [1.165, 1.54) is 7.11 Å². The fourth-order valence-corrected chi connectivity index (χ4v) is 2.07. The topological polar surface area (TPSA) is 55.4 Å². The molecule has 1 unspecified atom stereocenters. The van der Waals surface area contributed by atoms with Crippen molar-refractivity contribution < 1.29 is 14.3 Å². The Morgan fingerprint density at radius 2 is 1.52 bits per heavy atom. The third-order valence-electron chi connectivity index (χ3n) is 3.22.